The summed E-state index contributed by atoms with van der Waals surface area (Å²) >= 11 is 6.29. The van der Waals surface area contributed by atoms with Crippen molar-refractivity contribution < 1.29 is 14.6 Å². The van der Waals surface area contributed by atoms with Crippen LogP contribution in [0.3, 0.4) is 0 Å². The van der Waals surface area contributed by atoms with Crippen LogP contribution in [0.2, 0.25) is 5.02 Å². The molecule has 1 aromatic heterocycles. The predicted molar refractivity (Wildman–Crippen MR) is 117 cm³/mol. The molecular weight excluding hydrogens is 388 g/mol. The number of aliphatic hydroxyl groups excluding tert-OH is 1. The van der Waals surface area contributed by atoms with Gasteiger partial charge in [-0.2, -0.15) is 0 Å². The van der Waals surface area contributed by atoms with Gasteiger partial charge in [0.05, 0.1) is 10.6 Å². The summed E-state index contributed by atoms with van der Waals surface area (Å²) in [6, 6.07) is 13.1. The number of ether oxygens (including phenoxy) is 1. The number of hydrogen-bond acceptors (Lipinski definition) is 4. The number of halogens is 1. The monoisotopic (exact) mass is 414 g/mol. The number of Topliss-reactive ketones (excluding diaryl/α,β-unsaturated/α-hetero) is 1. The van der Waals surface area contributed by atoms with Gasteiger partial charge in [-0.05, 0) is 43.1 Å². The Hall–Kier alpha value is -2.34. The van der Waals surface area contributed by atoms with Crippen molar-refractivity contribution in [1.29, 1.82) is 0 Å². The third-order valence-corrected chi connectivity index (χ3v) is 5.09. The molecule has 2 aromatic carbocycles. The van der Waals surface area contributed by atoms with Crippen molar-refractivity contribution >= 4 is 28.3 Å². The van der Waals surface area contributed by atoms with E-state index in [1.54, 1.807) is 18.3 Å². The van der Waals surface area contributed by atoms with Gasteiger partial charge in [-0.3, -0.25) is 4.79 Å². The van der Waals surface area contributed by atoms with E-state index in [1.165, 1.54) is 0 Å². The number of fused-ring (bicyclic) bond motifs is 1. The lowest BCUT2D eigenvalue weighted by molar-refractivity contribution is 0.0950. The van der Waals surface area contributed by atoms with E-state index in [1.807, 2.05) is 30.3 Å². The summed E-state index contributed by atoms with van der Waals surface area (Å²) in [5.74, 6) is 0.507. The number of carbonyl (C=O) groups is 1. The lowest BCUT2D eigenvalue weighted by Crippen LogP contribution is -2.32. The molecule has 6 heteroatoms. The van der Waals surface area contributed by atoms with Gasteiger partial charge >= 0.3 is 0 Å². The van der Waals surface area contributed by atoms with Crippen molar-refractivity contribution in [2.45, 2.75) is 32.3 Å². The van der Waals surface area contributed by atoms with Crippen LogP contribution in [0.4, 0.5) is 0 Å². The van der Waals surface area contributed by atoms with Crippen molar-refractivity contribution in [2.24, 2.45) is 0 Å². The third kappa shape index (κ3) is 5.60. The molecule has 0 saturated carbocycles. The number of carbonyl (C=O) groups excluding carboxylic acids is 1. The molecule has 3 aromatic rings. The highest BCUT2D eigenvalue weighted by molar-refractivity contribution is 6.35. The first-order valence-electron chi connectivity index (χ1n) is 9.98. The smallest absolute Gasteiger partial charge is 0.166 e. The molecule has 0 saturated heterocycles. The largest absolute Gasteiger partial charge is 0.490 e. The molecule has 0 bridgehead atoms. The van der Waals surface area contributed by atoms with Gasteiger partial charge in [-0.25, -0.2) is 0 Å². The quantitative estimate of drug-likeness (QED) is 0.321. The van der Waals surface area contributed by atoms with Crippen LogP contribution >= 0.6 is 11.6 Å². The molecule has 154 valence electrons. The van der Waals surface area contributed by atoms with Crippen molar-refractivity contribution in [3.05, 3.63) is 64.8 Å². The van der Waals surface area contributed by atoms with Crippen molar-refractivity contribution in [1.82, 2.24) is 10.3 Å². The van der Waals surface area contributed by atoms with Crippen LogP contribution in [0.5, 0.6) is 5.75 Å². The van der Waals surface area contributed by atoms with Crippen LogP contribution < -0.4 is 10.1 Å². The molecule has 0 amide bonds. The van der Waals surface area contributed by atoms with Crippen LogP contribution in [0, 0.1) is 0 Å². The predicted octanol–water partition coefficient (Wildman–Crippen LogP) is 4.38. The summed E-state index contributed by atoms with van der Waals surface area (Å²) in [5, 5.41) is 14.8. The maximum Gasteiger partial charge on any atom is 0.166 e. The number of aryl methyl sites for hydroxylation is 1. The van der Waals surface area contributed by atoms with Gasteiger partial charge in [0.2, 0.25) is 0 Å². The second-order valence-corrected chi connectivity index (χ2v) is 7.47. The number of para-hydroxylation sites is 1. The van der Waals surface area contributed by atoms with E-state index in [0.29, 0.717) is 35.7 Å². The zero-order valence-corrected chi connectivity index (χ0v) is 17.3. The van der Waals surface area contributed by atoms with Crippen LogP contribution in [0.1, 0.15) is 35.7 Å². The number of aliphatic hydroxyl groups is 1. The zero-order chi connectivity index (χ0) is 20.6. The minimum Gasteiger partial charge on any atom is -0.490 e. The van der Waals surface area contributed by atoms with E-state index in [4.69, 9.17) is 16.3 Å². The van der Waals surface area contributed by atoms with E-state index in [-0.39, 0.29) is 12.4 Å². The fourth-order valence-electron chi connectivity index (χ4n) is 3.32. The number of hydrogen-bond donors (Lipinski definition) is 3. The first kappa shape index (κ1) is 21.4. The lowest BCUT2D eigenvalue weighted by Gasteiger charge is -2.15. The minimum atomic E-state index is -0.627. The van der Waals surface area contributed by atoms with Crippen LogP contribution in [-0.4, -0.2) is 41.7 Å². The molecule has 0 spiro atoms. The number of rotatable bonds is 11. The average Bonchev–Trinajstić information content (AvgIpc) is 3.12. The molecule has 3 N–H and O–H groups in total. The Bertz CT molecular complexity index is 954. The van der Waals surface area contributed by atoms with Gasteiger partial charge in [-0.15, -0.1) is 0 Å². The molecule has 0 aliphatic heterocycles. The van der Waals surface area contributed by atoms with Gasteiger partial charge < -0.3 is 20.1 Å². The highest BCUT2D eigenvalue weighted by Crippen LogP contribution is 2.28. The second kappa shape index (κ2) is 10.4. The SMILES string of the molecule is CCCNCC(O)COc1ccccc1C(=O)CCc1cccc2[nH]cc(Cl)c12. The van der Waals surface area contributed by atoms with Gasteiger partial charge in [0.1, 0.15) is 18.5 Å². The van der Waals surface area contributed by atoms with E-state index in [9.17, 15) is 9.90 Å². The third-order valence-electron chi connectivity index (χ3n) is 4.79. The van der Waals surface area contributed by atoms with E-state index < -0.39 is 6.10 Å². The molecule has 5 nitrogen and oxygen atoms in total. The van der Waals surface area contributed by atoms with E-state index >= 15 is 0 Å². The Labute approximate surface area is 176 Å². The van der Waals surface area contributed by atoms with Gasteiger partial charge in [-0.1, -0.05) is 42.8 Å². The van der Waals surface area contributed by atoms with Gasteiger partial charge in [0, 0.05) is 30.1 Å². The first-order chi connectivity index (χ1) is 14.1. The lowest BCUT2D eigenvalue weighted by atomic mass is 10.00. The maximum absolute atomic E-state index is 12.9. The molecule has 0 aliphatic rings. The van der Waals surface area contributed by atoms with Crippen molar-refractivity contribution in [2.75, 3.05) is 19.7 Å². The normalized spacial score (nSPS) is 12.2. The average molecular weight is 415 g/mol. The summed E-state index contributed by atoms with van der Waals surface area (Å²) in [6.07, 6.45) is 3.08. The van der Waals surface area contributed by atoms with Crippen LogP contribution in [0.15, 0.2) is 48.7 Å². The fourth-order valence-corrected chi connectivity index (χ4v) is 3.60. The molecule has 0 fully saturated rings. The fraction of sp³-hybridized carbons (Fsp3) is 0.348. The number of aromatic nitrogens is 1. The van der Waals surface area contributed by atoms with Crippen LogP contribution in [-0.2, 0) is 6.42 Å². The molecule has 29 heavy (non-hydrogen) atoms. The molecule has 1 heterocycles. The summed E-state index contributed by atoms with van der Waals surface area (Å²) in [5.41, 5.74) is 2.54. The van der Waals surface area contributed by atoms with Gasteiger partial charge in [0.25, 0.3) is 0 Å². The second-order valence-electron chi connectivity index (χ2n) is 7.06. The zero-order valence-electron chi connectivity index (χ0n) is 16.6. The Morgan fingerprint density at radius 2 is 2.07 bits per heavy atom. The molecule has 1 atom stereocenters. The number of aromatic amines is 1. The molecule has 3 rings (SSSR count). The standard InChI is InChI=1S/C23H27ClN2O3/c1-2-12-25-13-17(27)15-29-22-9-4-3-7-18(22)21(28)11-10-16-6-5-8-20-23(16)19(24)14-26-20/h3-9,14,17,25-27H,2,10-13,15H2,1H3. The van der Waals surface area contributed by atoms with Crippen LogP contribution in [0.25, 0.3) is 10.9 Å². The van der Waals surface area contributed by atoms with E-state index in [0.717, 1.165) is 29.4 Å². The Morgan fingerprint density at radius 1 is 1.24 bits per heavy atom. The Kier molecular flexibility index (Phi) is 7.69. The number of benzene rings is 2. The number of nitrogens with one attached hydrogen (secondary N) is 2. The topological polar surface area (TPSA) is 74.3 Å². The van der Waals surface area contributed by atoms with Gasteiger partial charge in [0.15, 0.2) is 5.78 Å². The highest BCUT2D eigenvalue weighted by atomic mass is 35.5. The molecular formula is C23H27ClN2O3. The van der Waals surface area contributed by atoms with E-state index in [2.05, 4.69) is 17.2 Å². The minimum absolute atomic E-state index is 0.00265. The summed E-state index contributed by atoms with van der Waals surface area (Å²) in [6.45, 7) is 3.52. The number of ketones is 1. The molecule has 0 aliphatic carbocycles. The van der Waals surface area contributed by atoms with Crippen molar-refractivity contribution in [3.8, 4) is 5.75 Å². The number of H-pyrrole nitrogens is 1. The summed E-state index contributed by atoms with van der Waals surface area (Å²) < 4.78 is 5.74. The molecule has 1 unspecified atom stereocenters. The molecule has 0 radical (unpaired) electrons. The van der Waals surface area contributed by atoms with Crippen molar-refractivity contribution in [3.63, 3.8) is 0 Å². The Balaban J connectivity index is 1.63. The first-order valence-corrected chi connectivity index (χ1v) is 10.4. The highest BCUT2D eigenvalue weighted by Gasteiger charge is 2.15. The summed E-state index contributed by atoms with van der Waals surface area (Å²) in [4.78, 5) is 16.0. The Morgan fingerprint density at radius 3 is 2.90 bits per heavy atom. The maximum atomic E-state index is 12.9. The summed E-state index contributed by atoms with van der Waals surface area (Å²) in [7, 11) is 0.